The highest BCUT2D eigenvalue weighted by Gasteiger charge is 2.24. The van der Waals surface area contributed by atoms with E-state index in [1.807, 2.05) is 0 Å². The molecule has 0 aliphatic heterocycles. The van der Waals surface area contributed by atoms with Crippen LogP contribution in [0.25, 0.3) is 76.5 Å². The molecular formula is C46H39BrN2. The molecule has 7 aromatic carbocycles. The number of aromatic nitrogens is 2. The molecule has 0 bridgehead atoms. The van der Waals surface area contributed by atoms with Crippen LogP contribution >= 0.6 is 15.9 Å². The number of hydrogen-bond donors (Lipinski definition) is 0. The highest BCUT2D eigenvalue weighted by Crippen LogP contribution is 2.45. The predicted octanol–water partition coefficient (Wildman–Crippen LogP) is 13.5. The Morgan fingerprint density at radius 2 is 0.857 bits per heavy atom. The van der Waals surface area contributed by atoms with E-state index in [0.29, 0.717) is 0 Å². The number of para-hydroxylation sites is 1. The van der Waals surface area contributed by atoms with Crippen molar-refractivity contribution >= 4 is 81.1 Å². The quantitative estimate of drug-likeness (QED) is 0.159. The first-order chi connectivity index (χ1) is 23.5. The highest BCUT2D eigenvalue weighted by atomic mass is 79.9. The molecule has 9 aromatic rings. The Bertz CT molecular complexity index is 2730. The molecule has 9 rings (SSSR count). The van der Waals surface area contributed by atoms with Gasteiger partial charge in [0.1, 0.15) is 0 Å². The van der Waals surface area contributed by atoms with Gasteiger partial charge in [0.05, 0.1) is 37.9 Å². The molecule has 2 aromatic heterocycles. The van der Waals surface area contributed by atoms with Crippen molar-refractivity contribution < 1.29 is 0 Å². The Morgan fingerprint density at radius 1 is 0.408 bits per heavy atom. The SMILES string of the molecule is CC(C)(C)c1ccc2c(c1)c1cc(C(C)(C)C)ccc1n2-c1cccc(-n2c3ccccc3c3c4ccccc4c4ccccc4c32)c1Br. The van der Waals surface area contributed by atoms with Crippen LogP contribution in [0.1, 0.15) is 52.7 Å². The van der Waals surface area contributed by atoms with Gasteiger partial charge < -0.3 is 9.13 Å². The summed E-state index contributed by atoms with van der Waals surface area (Å²) < 4.78 is 6.00. The summed E-state index contributed by atoms with van der Waals surface area (Å²) in [6, 6.07) is 47.4. The zero-order valence-corrected chi connectivity index (χ0v) is 30.5. The fourth-order valence-electron chi connectivity index (χ4n) is 7.95. The van der Waals surface area contributed by atoms with E-state index in [2.05, 4.69) is 194 Å². The van der Waals surface area contributed by atoms with E-state index in [4.69, 9.17) is 0 Å². The molecule has 0 saturated carbocycles. The Balaban J connectivity index is 1.40. The van der Waals surface area contributed by atoms with Crippen LogP contribution in [0.2, 0.25) is 0 Å². The third-order valence-electron chi connectivity index (χ3n) is 10.5. The molecule has 0 amide bonds. The van der Waals surface area contributed by atoms with Crippen molar-refractivity contribution in [2.75, 3.05) is 0 Å². The van der Waals surface area contributed by atoms with Crippen molar-refractivity contribution in [3.05, 3.63) is 143 Å². The number of rotatable bonds is 2. The lowest BCUT2D eigenvalue weighted by molar-refractivity contribution is 0.590. The van der Waals surface area contributed by atoms with Crippen LogP contribution in [-0.4, -0.2) is 9.13 Å². The first kappa shape index (κ1) is 30.2. The van der Waals surface area contributed by atoms with E-state index < -0.39 is 0 Å². The van der Waals surface area contributed by atoms with Crippen molar-refractivity contribution in [2.45, 2.75) is 52.4 Å². The van der Waals surface area contributed by atoms with Gasteiger partial charge in [0, 0.05) is 26.9 Å². The van der Waals surface area contributed by atoms with Crippen molar-refractivity contribution in [3.8, 4) is 11.4 Å². The molecule has 0 spiro atoms. The molecule has 2 heterocycles. The van der Waals surface area contributed by atoms with Gasteiger partial charge in [-0.2, -0.15) is 0 Å². The summed E-state index contributed by atoms with van der Waals surface area (Å²) in [7, 11) is 0. The molecule has 0 aliphatic carbocycles. The first-order valence-corrected chi connectivity index (χ1v) is 18.0. The average Bonchev–Trinajstić information content (AvgIpc) is 3.61. The van der Waals surface area contributed by atoms with Gasteiger partial charge in [0.15, 0.2) is 0 Å². The second kappa shape index (κ2) is 10.6. The van der Waals surface area contributed by atoms with Crippen molar-refractivity contribution in [3.63, 3.8) is 0 Å². The maximum atomic E-state index is 4.23. The second-order valence-electron chi connectivity index (χ2n) is 15.6. The Morgan fingerprint density at radius 3 is 1.43 bits per heavy atom. The van der Waals surface area contributed by atoms with Crippen LogP contribution in [0.15, 0.2) is 132 Å². The molecule has 240 valence electrons. The third-order valence-corrected chi connectivity index (χ3v) is 11.3. The zero-order valence-electron chi connectivity index (χ0n) is 28.9. The van der Waals surface area contributed by atoms with Gasteiger partial charge in [-0.15, -0.1) is 0 Å². The lowest BCUT2D eigenvalue weighted by atomic mass is 9.85. The molecular weight excluding hydrogens is 660 g/mol. The standard InChI is InChI=1S/C46H39BrN2/c1-45(2,3)28-22-24-38-35(26-28)36-27-29(46(4,5)6)23-25-39(36)48(38)40-20-13-21-41(43(40)47)49-37-19-12-11-18-34(37)42-32-16-9-7-14-30(32)31-15-8-10-17-33(31)44(42)49/h7-27H,1-6H3. The zero-order chi connectivity index (χ0) is 33.8. The summed E-state index contributed by atoms with van der Waals surface area (Å²) in [5.41, 5.74) is 9.90. The number of hydrogen-bond acceptors (Lipinski definition) is 0. The lowest BCUT2D eigenvalue weighted by Crippen LogP contribution is -2.10. The highest BCUT2D eigenvalue weighted by molar-refractivity contribution is 9.10. The smallest absolute Gasteiger partial charge is 0.0656 e. The van der Waals surface area contributed by atoms with Gasteiger partial charge in [0.2, 0.25) is 0 Å². The van der Waals surface area contributed by atoms with Gasteiger partial charge in [-0.25, -0.2) is 0 Å². The van der Waals surface area contributed by atoms with Gasteiger partial charge >= 0.3 is 0 Å². The Kier molecular flexibility index (Phi) is 6.52. The van der Waals surface area contributed by atoms with E-state index in [1.54, 1.807) is 0 Å². The number of halogens is 1. The van der Waals surface area contributed by atoms with E-state index in [-0.39, 0.29) is 10.8 Å². The number of fused-ring (bicyclic) bond motifs is 11. The third kappa shape index (κ3) is 4.45. The van der Waals surface area contributed by atoms with Crippen LogP contribution in [-0.2, 0) is 10.8 Å². The largest absolute Gasteiger partial charge is 0.308 e. The molecule has 0 N–H and O–H groups in total. The molecule has 2 nitrogen and oxygen atoms in total. The average molecular weight is 700 g/mol. The molecule has 0 aliphatic rings. The molecule has 0 saturated heterocycles. The summed E-state index contributed by atoms with van der Waals surface area (Å²) in [5.74, 6) is 0. The summed E-state index contributed by atoms with van der Waals surface area (Å²) in [5, 5.41) is 10.2. The fourth-order valence-corrected chi connectivity index (χ4v) is 8.57. The van der Waals surface area contributed by atoms with Crippen LogP contribution in [0, 0.1) is 0 Å². The first-order valence-electron chi connectivity index (χ1n) is 17.2. The van der Waals surface area contributed by atoms with E-state index in [1.165, 1.54) is 76.3 Å². The maximum Gasteiger partial charge on any atom is 0.0656 e. The van der Waals surface area contributed by atoms with Crippen LogP contribution < -0.4 is 0 Å². The molecule has 0 fully saturated rings. The normalized spacial score (nSPS) is 12.8. The molecule has 3 heteroatoms. The van der Waals surface area contributed by atoms with E-state index in [0.717, 1.165) is 15.8 Å². The molecule has 0 unspecified atom stereocenters. The van der Waals surface area contributed by atoms with Crippen molar-refractivity contribution in [1.82, 2.24) is 9.13 Å². The number of benzene rings is 7. The Labute approximate surface area is 295 Å². The summed E-state index contributed by atoms with van der Waals surface area (Å²) in [6.45, 7) is 13.8. The van der Waals surface area contributed by atoms with Gasteiger partial charge in [-0.05, 0) is 96.5 Å². The summed E-state index contributed by atoms with van der Waals surface area (Å²) in [4.78, 5) is 0. The van der Waals surface area contributed by atoms with Crippen molar-refractivity contribution in [1.29, 1.82) is 0 Å². The van der Waals surface area contributed by atoms with Gasteiger partial charge in [0.25, 0.3) is 0 Å². The van der Waals surface area contributed by atoms with Gasteiger partial charge in [-0.3, -0.25) is 0 Å². The second-order valence-corrected chi connectivity index (χ2v) is 16.4. The van der Waals surface area contributed by atoms with E-state index >= 15 is 0 Å². The van der Waals surface area contributed by atoms with Crippen LogP contribution in [0.3, 0.4) is 0 Å². The van der Waals surface area contributed by atoms with Crippen LogP contribution in [0.4, 0.5) is 0 Å². The fraction of sp³-hybridized carbons (Fsp3) is 0.174. The molecule has 0 radical (unpaired) electrons. The predicted molar refractivity (Wildman–Crippen MR) is 215 cm³/mol. The topological polar surface area (TPSA) is 9.86 Å². The van der Waals surface area contributed by atoms with Crippen molar-refractivity contribution in [2.24, 2.45) is 0 Å². The minimum atomic E-state index is 0.0498. The minimum Gasteiger partial charge on any atom is -0.308 e. The van der Waals surface area contributed by atoms with Gasteiger partial charge in [-0.1, -0.05) is 126 Å². The van der Waals surface area contributed by atoms with Crippen LogP contribution in [0.5, 0.6) is 0 Å². The molecule has 0 atom stereocenters. The molecule has 49 heavy (non-hydrogen) atoms. The maximum absolute atomic E-state index is 4.23. The Hall–Kier alpha value is -4.86. The summed E-state index contributed by atoms with van der Waals surface area (Å²) >= 11 is 4.23. The summed E-state index contributed by atoms with van der Waals surface area (Å²) in [6.07, 6.45) is 0. The lowest BCUT2D eigenvalue weighted by Gasteiger charge is -2.19. The minimum absolute atomic E-state index is 0.0498. The van der Waals surface area contributed by atoms with E-state index in [9.17, 15) is 0 Å². The number of nitrogens with zero attached hydrogens (tertiary/aromatic N) is 2. The monoisotopic (exact) mass is 698 g/mol.